The van der Waals surface area contributed by atoms with Gasteiger partial charge in [0.05, 0.1) is 48.4 Å². The molecule has 0 spiro atoms. The van der Waals surface area contributed by atoms with Crippen molar-refractivity contribution >= 4 is 48.3 Å². The van der Waals surface area contributed by atoms with Crippen molar-refractivity contribution in [1.82, 2.24) is 29.8 Å². The molecule has 2 aliphatic heterocycles. The van der Waals surface area contributed by atoms with Gasteiger partial charge in [0.15, 0.2) is 0 Å². The Labute approximate surface area is 289 Å². The van der Waals surface area contributed by atoms with Crippen molar-refractivity contribution in [3.05, 3.63) is 49.1 Å². The topological polar surface area (TPSA) is 132 Å². The Morgan fingerprint density at radius 1 is 0.980 bits per heavy atom. The van der Waals surface area contributed by atoms with Crippen molar-refractivity contribution in [2.45, 2.75) is 71.3 Å². The molecule has 49 heavy (non-hydrogen) atoms. The standard InChI is InChI=1S/C35H49N9O4Si/c1-35(2,3)48-34(45)41-27-11-12-43(22-27)33-36-20-28(21-37-33)40-26-9-7-25(8-10-26)30-19-29-31(42-13-15-46-16-14-42)38-23-39-32(29)44(30)24-47-17-18-49(4,5)6/h7-10,19-21,23,27,40H,11-18,22,24H2,1-6H3,(H,41,45)/t27-/m0/s1. The van der Waals surface area contributed by atoms with E-state index in [4.69, 9.17) is 24.2 Å². The van der Waals surface area contributed by atoms with Gasteiger partial charge >= 0.3 is 6.09 Å². The molecule has 2 saturated heterocycles. The second-order valence-corrected chi connectivity index (χ2v) is 20.5. The number of amides is 1. The van der Waals surface area contributed by atoms with Gasteiger partial charge in [-0.3, -0.25) is 0 Å². The van der Waals surface area contributed by atoms with E-state index in [0.717, 1.165) is 78.2 Å². The number of alkyl carbamates (subject to hydrolysis) is 1. The molecular formula is C35H49N9O4Si. The minimum Gasteiger partial charge on any atom is -0.444 e. The molecule has 2 aliphatic rings. The van der Waals surface area contributed by atoms with Gasteiger partial charge in [-0.15, -0.1) is 0 Å². The monoisotopic (exact) mass is 687 g/mol. The molecule has 13 nitrogen and oxygen atoms in total. The summed E-state index contributed by atoms with van der Waals surface area (Å²) in [6.45, 7) is 18.2. The van der Waals surface area contributed by atoms with Gasteiger partial charge in [0.1, 0.15) is 30.1 Å². The fourth-order valence-corrected chi connectivity index (χ4v) is 6.71. The maximum absolute atomic E-state index is 12.2. The van der Waals surface area contributed by atoms with Crippen LogP contribution in [0.25, 0.3) is 22.3 Å². The molecule has 3 aromatic heterocycles. The number of nitrogens with zero attached hydrogens (tertiary/aromatic N) is 7. The van der Waals surface area contributed by atoms with E-state index in [1.165, 1.54) is 0 Å². The summed E-state index contributed by atoms with van der Waals surface area (Å²) in [5.41, 5.74) is 4.13. The third-order valence-corrected chi connectivity index (χ3v) is 10.2. The Morgan fingerprint density at radius 3 is 2.41 bits per heavy atom. The lowest BCUT2D eigenvalue weighted by molar-refractivity contribution is 0.0509. The summed E-state index contributed by atoms with van der Waals surface area (Å²) in [6.07, 6.45) is 5.63. The molecule has 5 heterocycles. The number of morpholine rings is 1. The van der Waals surface area contributed by atoms with Gasteiger partial charge in [0, 0.05) is 46.5 Å². The van der Waals surface area contributed by atoms with Gasteiger partial charge in [-0.1, -0.05) is 31.8 Å². The Bertz CT molecular complexity index is 1710. The number of hydrogen-bond donors (Lipinski definition) is 2. The zero-order valence-corrected chi connectivity index (χ0v) is 30.5. The summed E-state index contributed by atoms with van der Waals surface area (Å²) in [5, 5.41) is 7.38. The van der Waals surface area contributed by atoms with Crippen LogP contribution in [-0.2, 0) is 20.9 Å². The van der Waals surface area contributed by atoms with Crippen molar-refractivity contribution < 1.29 is 19.0 Å². The van der Waals surface area contributed by atoms with Crippen molar-refractivity contribution in [2.24, 2.45) is 0 Å². The first-order valence-corrected chi connectivity index (χ1v) is 20.8. The van der Waals surface area contributed by atoms with Crippen molar-refractivity contribution in [2.75, 3.05) is 61.1 Å². The number of carbonyl (C=O) groups is 1. The van der Waals surface area contributed by atoms with E-state index in [0.29, 0.717) is 32.4 Å². The fourth-order valence-electron chi connectivity index (χ4n) is 5.96. The average molecular weight is 688 g/mol. The summed E-state index contributed by atoms with van der Waals surface area (Å²) >= 11 is 0. The third kappa shape index (κ3) is 9.05. The van der Waals surface area contributed by atoms with Gasteiger partial charge in [0.25, 0.3) is 0 Å². The zero-order valence-electron chi connectivity index (χ0n) is 29.5. The van der Waals surface area contributed by atoms with Gasteiger partial charge in [0.2, 0.25) is 5.95 Å². The number of ether oxygens (including phenoxy) is 3. The molecule has 1 atom stereocenters. The Balaban J connectivity index is 1.14. The summed E-state index contributed by atoms with van der Waals surface area (Å²) in [4.78, 5) is 35.1. The predicted molar refractivity (Wildman–Crippen MR) is 195 cm³/mol. The van der Waals surface area contributed by atoms with Gasteiger partial charge < -0.3 is 39.2 Å². The summed E-state index contributed by atoms with van der Waals surface area (Å²) in [7, 11) is -1.22. The van der Waals surface area contributed by atoms with E-state index in [-0.39, 0.29) is 6.04 Å². The first kappa shape index (κ1) is 34.6. The van der Waals surface area contributed by atoms with Crippen LogP contribution in [0.2, 0.25) is 25.7 Å². The van der Waals surface area contributed by atoms with Crippen molar-refractivity contribution in [3.63, 3.8) is 0 Å². The summed E-state index contributed by atoms with van der Waals surface area (Å²) < 4.78 is 19.4. The fraction of sp³-hybridized carbons (Fsp3) is 0.514. The molecule has 0 bridgehead atoms. The number of benzene rings is 1. The quantitative estimate of drug-likeness (QED) is 0.145. The molecule has 1 aromatic carbocycles. The van der Waals surface area contributed by atoms with Crippen LogP contribution in [-0.4, -0.2) is 96.3 Å². The Hall–Kier alpha value is -4.27. The SMILES string of the molecule is CC(C)(C)OC(=O)N[C@H]1CCN(c2ncc(Nc3ccc(-c4cc5c(N6CCOCC6)ncnc5n4COCC[Si](C)(C)C)cc3)cn2)C1. The number of hydrogen-bond acceptors (Lipinski definition) is 11. The molecule has 0 saturated carbocycles. The minimum atomic E-state index is -1.22. The van der Waals surface area contributed by atoms with E-state index >= 15 is 0 Å². The lowest BCUT2D eigenvalue weighted by Crippen LogP contribution is -2.40. The number of fused-ring (bicyclic) bond motifs is 1. The lowest BCUT2D eigenvalue weighted by Gasteiger charge is -2.28. The lowest BCUT2D eigenvalue weighted by atomic mass is 10.1. The number of nitrogens with one attached hydrogen (secondary N) is 2. The molecule has 2 N–H and O–H groups in total. The molecular weight excluding hydrogens is 639 g/mol. The zero-order chi connectivity index (χ0) is 34.6. The molecule has 0 aliphatic carbocycles. The first-order chi connectivity index (χ1) is 23.4. The largest absolute Gasteiger partial charge is 0.444 e. The first-order valence-electron chi connectivity index (χ1n) is 17.1. The summed E-state index contributed by atoms with van der Waals surface area (Å²) in [5.74, 6) is 1.56. The van der Waals surface area contributed by atoms with Crippen LogP contribution < -0.4 is 20.4 Å². The summed E-state index contributed by atoms with van der Waals surface area (Å²) in [6, 6.07) is 11.6. The van der Waals surface area contributed by atoms with Crippen LogP contribution in [0, 0.1) is 0 Å². The highest BCUT2D eigenvalue weighted by Crippen LogP contribution is 2.33. The van der Waals surface area contributed by atoms with Crippen LogP contribution in [0.5, 0.6) is 0 Å². The molecule has 0 unspecified atom stereocenters. The van der Waals surface area contributed by atoms with Crippen molar-refractivity contribution in [3.8, 4) is 11.3 Å². The van der Waals surface area contributed by atoms with Gasteiger partial charge in [-0.05, 0) is 57.0 Å². The van der Waals surface area contributed by atoms with E-state index < -0.39 is 19.8 Å². The average Bonchev–Trinajstić information content (AvgIpc) is 3.67. The third-order valence-electron chi connectivity index (χ3n) is 8.50. The van der Waals surface area contributed by atoms with Crippen LogP contribution >= 0.6 is 0 Å². The highest BCUT2D eigenvalue weighted by molar-refractivity contribution is 6.76. The number of aromatic nitrogens is 5. The molecule has 14 heteroatoms. The molecule has 4 aromatic rings. The highest BCUT2D eigenvalue weighted by Gasteiger charge is 2.28. The van der Waals surface area contributed by atoms with Gasteiger partial charge in [-0.25, -0.2) is 24.7 Å². The van der Waals surface area contributed by atoms with E-state index in [1.807, 2.05) is 20.8 Å². The van der Waals surface area contributed by atoms with Crippen LogP contribution in [0.15, 0.2) is 49.1 Å². The van der Waals surface area contributed by atoms with E-state index in [1.54, 1.807) is 18.7 Å². The molecule has 0 radical (unpaired) electrons. The van der Waals surface area contributed by atoms with Crippen LogP contribution in [0.3, 0.4) is 0 Å². The Morgan fingerprint density at radius 2 is 1.71 bits per heavy atom. The second-order valence-electron chi connectivity index (χ2n) is 14.9. The van der Waals surface area contributed by atoms with Gasteiger partial charge in [-0.2, -0.15) is 0 Å². The van der Waals surface area contributed by atoms with Crippen molar-refractivity contribution in [1.29, 1.82) is 0 Å². The maximum Gasteiger partial charge on any atom is 0.407 e. The molecule has 262 valence electrons. The van der Waals surface area contributed by atoms with Crippen LogP contribution in [0.4, 0.5) is 27.9 Å². The molecule has 6 rings (SSSR count). The molecule has 2 fully saturated rings. The predicted octanol–water partition coefficient (Wildman–Crippen LogP) is 5.88. The second kappa shape index (κ2) is 14.7. The minimum absolute atomic E-state index is 0.0109. The number of rotatable bonds is 11. The Kier molecular flexibility index (Phi) is 10.4. The number of carbonyl (C=O) groups excluding carboxylic acids is 1. The molecule has 1 amide bonds. The smallest absolute Gasteiger partial charge is 0.407 e. The number of anilines is 4. The van der Waals surface area contributed by atoms with Crippen LogP contribution in [0.1, 0.15) is 27.2 Å². The highest BCUT2D eigenvalue weighted by atomic mass is 28.3. The van der Waals surface area contributed by atoms with E-state index in [9.17, 15) is 4.79 Å². The maximum atomic E-state index is 12.2. The normalized spacial score (nSPS) is 17.1. The van der Waals surface area contributed by atoms with E-state index in [2.05, 4.69) is 84.9 Å².